The molecule has 1 aromatic heterocycles. The standard InChI is InChI=1S/C47H57N5O9/c1-46(2,3)61-45(53)52-38(32-59-47(52,4)5)31-58-44-48-49-50-51(44)26-39-41(55-28-35-20-12-7-13-21-35)43(57-30-37-24-16-9-17-25-37)42(56-29-36-22-14-8-15-23-36)40(60-39)33-54-27-34-18-10-6-11-19-34/h6-25,38-43H,26-33H2,1-5H3/t38-,39-,40+,41-,42-,43+/m0/s1. The van der Waals surface area contributed by atoms with Crippen LogP contribution in [0.15, 0.2) is 121 Å². The van der Waals surface area contributed by atoms with Crippen LogP contribution in [0.4, 0.5) is 4.79 Å². The lowest BCUT2D eigenvalue weighted by Gasteiger charge is -2.46. The molecule has 4 aromatic carbocycles. The van der Waals surface area contributed by atoms with E-state index in [1.54, 1.807) is 9.58 Å². The third-order valence-corrected chi connectivity index (χ3v) is 10.4. The molecule has 61 heavy (non-hydrogen) atoms. The van der Waals surface area contributed by atoms with E-state index >= 15 is 0 Å². The quantitative estimate of drug-likeness (QED) is 0.0886. The van der Waals surface area contributed by atoms with Crippen molar-refractivity contribution in [3.05, 3.63) is 144 Å². The number of aromatic nitrogens is 4. The van der Waals surface area contributed by atoms with Crippen molar-refractivity contribution in [2.75, 3.05) is 19.8 Å². The number of benzene rings is 4. The molecule has 0 spiro atoms. The Morgan fingerprint density at radius 1 is 0.689 bits per heavy atom. The van der Waals surface area contributed by atoms with Gasteiger partial charge >= 0.3 is 12.1 Å². The highest BCUT2D eigenvalue weighted by Crippen LogP contribution is 2.33. The van der Waals surface area contributed by atoms with Crippen molar-refractivity contribution in [3.63, 3.8) is 0 Å². The van der Waals surface area contributed by atoms with Gasteiger partial charge in [0, 0.05) is 0 Å². The van der Waals surface area contributed by atoms with E-state index in [9.17, 15) is 4.79 Å². The van der Waals surface area contributed by atoms with Gasteiger partial charge in [0.15, 0.2) is 0 Å². The third kappa shape index (κ3) is 12.2. The summed E-state index contributed by atoms with van der Waals surface area (Å²) >= 11 is 0. The van der Waals surface area contributed by atoms with E-state index in [0.29, 0.717) is 19.8 Å². The van der Waals surface area contributed by atoms with Gasteiger partial charge in [-0.25, -0.2) is 4.79 Å². The molecule has 0 N–H and O–H groups in total. The molecule has 1 amide bonds. The van der Waals surface area contributed by atoms with Gasteiger partial charge in [0.25, 0.3) is 0 Å². The number of amides is 1. The monoisotopic (exact) mass is 835 g/mol. The smallest absolute Gasteiger partial charge is 0.413 e. The number of nitrogens with zero attached hydrogens (tertiary/aromatic N) is 5. The second-order valence-corrected chi connectivity index (χ2v) is 16.7. The zero-order valence-corrected chi connectivity index (χ0v) is 35.6. The summed E-state index contributed by atoms with van der Waals surface area (Å²) < 4.78 is 53.5. The first kappa shape index (κ1) is 43.9. The molecular formula is C47H57N5O9. The second-order valence-electron chi connectivity index (χ2n) is 16.7. The van der Waals surface area contributed by atoms with Crippen LogP contribution in [0, 0.1) is 0 Å². The lowest BCUT2D eigenvalue weighted by atomic mass is 9.93. The topological polar surface area (TPSA) is 138 Å². The minimum absolute atomic E-state index is 0.0523. The molecule has 0 unspecified atom stereocenters. The predicted molar refractivity (Wildman–Crippen MR) is 225 cm³/mol. The van der Waals surface area contributed by atoms with E-state index in [1.807, 2.05) is 156 Å². The van der Waals surface area contributed by atoms with Gasteiger partial charge in [0.2, 0.25) is 0 Å². The zero-order valence-electron chi connectivity index (χ0n) is 35.6. The van der Waals surface area contributed by atoms with Crippen LogP contribution in [0.5, 0.6) is 6.01 Å². The number of carbonyl (C=O) groups is 1. The van der Waals surface area contributed by atoms with Crippen LogP contribution in [0.2, 0.25) is 0 Å². The Kier molecular flexibility index (Phi) is 14.8. The summed E-state index contributed by atoms with van der Waals surface area (Å²) in [6.45, 7) is 11.1. The average molecular weight is 836 g/mol. The number of carbonyl (C=O) groups excluding carboxylic acids is 1. The molecule has 6 atom stereocenters. The van der Waals surface area contributed by atoms with Crippen LogP contribution in [0.1, 0.15) is 56.9 Å². The SMILES string of the molecule is CC(C)(C)OC(=O)N1[C@@H](COc2nnnn2C[C@@H]2O[C@H](COCc3ccccc3)[C@H](OCc3ccccc3)[C@H](OCc3ccccc3)[C@H]2OCc2ccccc2)COC1(C)C. The van der Waals surface area contributed by atoms with E-state index in [2.05, 4.69) is 15.5 Å². The molecule has 0 bridgehead atoms. The zero-order chi connectivity index (χ0) is 42.7. The van der Waals surface area contributed by atoms with Gasteiger partial charge in [0.05, 0.1) is 52.2 Å². The highest BCUT2D eigenvalue weighted by molar-refractivity contribution is 5.69. The summed E-state index contributed by atoms with van der Waals surface area (Å²) in [6, 6.07) is 39.7. The summed E-state index contributed by atoms with van der Waals surface area (Å²) in [7, 11) is 0. The van der Waals surface area contributed by atoms with Crippen molar-refractivity contribution in [1.82, 2.24) is 25.1 Å². The Hall–Kier alpha value is -5.22. The van der Waals surface area contributed by atoms with Crippen LogP contribution >= 0.6 is 0 Å². The van der Waals surface area contributed by atoms with Crippen molar-refractivity contribution >= 4 is 6.09 Å². The van der Waals surface area contributed by atoms with Crippen LogP contribution < -0.4 is 4.74 Å². The molecule has 2 saturated heterocycles. The number of tetrazole rings is 1. The van der Waals surface area contributed by atoms with Gasteiger partial charge in [-0.3, -0.25) is 4.90 Å². The molecule has 3 heterocycles. The van der Waals surface area contributed by atoms with E-state index in [1.165, 1.54) is 0 Å². The maximum absolute atomic E-state index is 13.4. The van der Waals surface area contributed by atoms with E-state index in [-0.39, 0.29) is 39.0 Å². The Balaban J connectivity index is 1.17. The Morgan fingerprint density at radius 2 is 1.18 bits per heavy atom. The van der Waals surface area contributed by atoms with Gasteiger partial charge in [-0.15, -0.1) is 0 Å². The maximum Gasteiger partial charge on any atom is 0.413 e. The number of rotatable bonds is 18. The van der Waals surface area contributed by atoms with Crippen molar-refractivity contribution in [3.8, 4) is 6.01 Å². The Labute approximate surface area is 357 Å². The first-order valence-electron chi connectivity index (χ1n) is 20.8. The van der Waals surface area contributed by atoms with Crippen molar-refractivity contribution in [1.29, 1.82) is 0 Å². The predicted octanol–water partition coefficient (Wildman–Crippen LogP) is 7.16. The summed E-state index contributed by atoms with van der Waals surface area (Å²) in [4.78, 5) is 14.9. The lowest BCUT2D eigenvalue weighted by Crippen LogP contribution is -2.62. The molecule has 2 aliphatic rings. The number of hydrogen-bond acceptors (Lipinski definition) is 12. The second kappa shape index (κ2) is 20.6. The van der Waals surface area contributed by atoms with Crippen LogP contribution in [0.3, 0.4) is 0 Å². The summed E-state index contributed by atoms with van der Waals surface area (Å²) in [6.07, 6.45) is -3.65. The molecule has 14 nitrogen and oxygen atoms in total. The number of ether oxygens (including phenoxy) is 8. The highest BCUT2D eigenvalue weighted by atomic mass is 16.6. The highest BCUT2D eigenvalue weighted by Gasteiger charge is 2.49. The average Bonchev–Trinajstić information content (AvgIpc) is 3.83. The van der Waals surface area contributed by atoms with Crippen molar-refractivity contribution < 1.29 is 42.7 Å². The normalized spacial score (nSPS) is 22.5. The van der Waals surface area contributed by atoms with Gasteiger partial charge in [-0.1, -0.05) is 126 Å². The molecule has 2 fully saturated rings. The molecule has 5 aromatic rings. The van der Waals surface area contributed by atoms with Crippen LogP contribution in [-0.2, 0) is 66.1 Å². The molecule has 7 rings (SSSR count). The van der Waals surface area contributed by atoms with E-state index in [4.69, 9.17) is 37.9 Å². The lowest BCUT2D eigenvalue weighted by molar-refractivity contribution is -0.275. The molecule has 324 valence electrons. The molecule has 0 aliphatic carbocycles. The molecular weight excluding hydrogens is 779 g/mol. The van der Waals surface area contributed by atoms with Gasteiger partial charge < -0.3 is 37.9 Å². The van der Waals surface area contributed by atoms with E-state index in [0.717, 1.165) is 22.3 Å². The summed E-state index contributed by atoms with van der Waals surface area (Å²) in [5, 5.41) is 12.5. The molecule has 14 heteroatoms. The van der Waals surface area contributed by atoms with Crippen molar-refractivity contribution in [2.24, 2.45) is 0 Å². The fourth-order valence-corrected chi connectivity index (χ4v) is 7.47. The van der Waals surface area contributed by atoms with Crippen LogP contribution in [-0.4, -0.2) is 98.9 Å². The Bertz CT molecular complexity index is 2070. The number of hydrogen-bond donors (Lipinski definition) is 0. The minimum atomic E-state index is -0.910. The molecule has 2 aliphatic heterocycles. The molecule has 0 saturated carbocycles. The van der Waals surface area contributed by atoms with Gasteiger partial charge in [-0.05, 0) is 67.3 Å². The summed E-state index contributed by atoms with van der Waals surface area (Å²) in [5.41, 5.74) is 2.43. The first-order valence-corrected chi connectivity index (χ1v) is 20.8. The van der Waals surface area contributed by atoms with Crippen LogP contribution in [0.25, 0.3) is 0 Å². The summed E-state index contributed by atoms with van der Waals surface area (Å²) in [5.74, 6) is 0. The van der Waals surface area contributed by atoms with Gasteiger partial charge in [0.1, 0.15) is 48.5 Å². The van der Waals surface area contributed by atoms with Crippen molar-refractivity contribution in [2.45, 2.75) is 115 Å². The van der Waals surface area contributed by atoms with E-state index < -0.39 is 54.0 Å². The maximum atomic E-state index is 13.4. The van der Waals surface area contributed by atoms with Gasteiger partial charge in [-0.2, -0.15) is 4.68 Å². The minimum Gasteiger partial charge on any atom is -0.460 e. The first-order chi connectivity index (χ1) is 29.5. The Morgan fingerprint density at radius 3 is 1.70 bits per heavy atom. The fraction of sp³-hybridized carbons (Fsp3) is 0.447. The fourth-order valence-electron chi connectivity index (χ4n) is 7.47. The largest absolute Gasteiger partial charge is 0.460 e. The third-order valence-electron chi connectivity index (χ3n) is 10.4. The molecule has 0 radical (unpaired) electrons.